The highest BCUT2D eigenvalue weighted by atomic mass is 16.3. The average molecular weight is 396 g/mol. The number of nitrogens with one attached hydrogen (secondary N) is 1. The number of carbonyl (C=O) groups excluding carboxylic acids is 1. The van der Waals surface area contributed by atoms with Gasteiger partial charge in [0.2, 0.25) is 11.8 Å². The summed E-state index contributed by atoms with van der Waals surface area (Å²) in [5.41, 5.74) is 5.84. The van der Waals surface area contributed by atoms with E-state index in [-0.39, 0.29) is 5.91 Å². The minimum atomic E-state index is -0.119. The summed E-state index contributed by atoms with van der Waals surface area (Å²) in [6.45, 7) is 4.79. The average Bonchev–Trinajstić information content (AvgIpc) is 3.21. The zero-order valence-electron chi connectivity index (χ0n) is 17.1. The van der Waals surface area contributed by atoms with Gasteiger partial charge in [-0.2, -0.15) is 0 Å². The molecule has 1 N–H and O–H groups in total. The second-order valence-corrected chi connectivity index (χ2v) is 7.56. The molecule has 0 aliphatic heterocycles. The number of fused-ring (bicyclic) bond motifs is 1. The molecule has 4 aromatic rings. The van der Waals surface area contributed by atoms with Gasteiger partial charge in [0.1, 0.15) is 5.52 Å². The quantitative estimate of drug-likeness (QED) is 0.410. The van der Waals surface area contributed by atoms with Gasteiger partial charge in [-0.05, 0) is 52.9 Å². The van der Waals surface area contributed by atoms with E-state index in [1.807, 2.05) is 66.7 Å². The van der Waals surface area contributed by atoms with Crippen LogP contribution < -0.4 is 5.32 Å². The van der Waals surface area contributed by atoms with Crippen molar-refractivity contribution in [3.63, 3.8) is 0 Å². The lowest BCUT2D eigenvalue weighted by Gasteiger charge is -2.05. The summed E-state index contributed by atoms with van der Waals surface area (Å²) in [5.74, 6) is 0.976. The fraction of sp³-hybridized carbons (Fsp3) is 0.154. The van der Waals surface area contributed by atoms with Crippen LogP contribution in [0.2, 0.25) is 0 Å². The van der Waals surface area contributed by atoms with Gasteiger partial charge in [-0.3, -0.25) is 4.79 Å². The van der Waals surface area contributed by atoms with Crippen molar-refractivity contribution >= 4 is 23.1 Å². The van der Waals surface area contributed by atoms with Crippen LogP contribution in [0.15, 0.2) is 83.3 Å². The van der Waals surface area contributed by atoms with Crippen LogP contribution >= 0.6 is 0 Å². The smallest absolute Gasteiger partial charge is 0.244 e. The summed E-state index contributed by atoms with van der Waals surface area (Å²) in [5, 5.41) is 2.91. The number of para-hydroxylation sites is 2. The Labute approximate surface area is 176 Å². The molecule has 0 unspecified atom stereocenters. The molecule has 4 nitrogen and oxygen atoms in total. The maximum atomic E-state index is 12.1. The molecular formula is C26H24N2O2. The van der Waals surface area contributed by atoms with Gasteiger partial charge in [0, 0.05) is 18.2 Å². The Kier molecular flexibility index (Phi) is 5.75. The number of hydrogen-bond acceptors (Lipinski definition) is 3. The molecule has 1 heterocycles. The Bertz CT molecular complexity index is 1140. The number of carbonyl (C=O) groups is 1. The van der Waals surface area contributed by atoms with Crippen molar-refractivity contribution in [3.8, 4) is 11.5 Å². The molecule has 0 atom stereocenters. The topological polar surface area (TPSA) is 55.1 Å². The molecule has 150 valence electrons. The lowest BCUT2D eigenvalue weighted by molar-refractivity contribution is -0.116. The molecule has 4 rings (SSSR count). The van der Waals surface area contributed by atoms with E-state index in [9.17, 15) is 4.79 Å². The van der Waals surface area contributed by atoms with Gasteiger partial charge < -0.3 is 9.73 Å². The number of aromatic nitrogens is 1. The molecular weight excluding hydrogens is 372 g/mol. The maximum absolute atomic E-state index is 12.1. The molecule has 1 amide bonds. The Morgan fingerprint density at radius 2 is 1.73 bits per heavy atom. The minimum Gasteiger partial charge on any atom is -0.436 e. The van der Waals surface area contributed by atoms with Crippen LogP contribution in [0, 0.1) is 0 Å². The summed E-state index contributed by atoms with van der Waals surface area (Å²) in [6.07, 6.45) is 3.40. The minimum absolute atomic E-state index is 0.119. The zero-order valence-corrected chi connectivity index (χ0v) is 17.1. The first-order valence-corrected chi connectivity index (χ1v) is 10.1. The van der Waals surface area contributed by atoms with Crippen LogP contribution in [0.25, 0.3) is 28.6 Å². The molecule has 0 radical (unpaired) electrons. The zero-order chi connectivity index (χ0) is 20.9. The first kappa shape index (κ1) is 19.6. The third-order valence-corrected chi connectivity index (χ3v) is 4.99. The van der Waals surface area contributed by atoms with Crippen molar-refractivity contribution in [2.75, 3.05) is 0 Å². The van der Waals surface area contributed by atoms with Crippen LogP contribution in [0.1, 0.15) is 36.5 Å². The first-order chi connectivity index (χ1) is 14.6. The van der Waals surface area contributed by atoms with E-state index in [4.69, 9.17) is 4.42 Å². The standard InChI is InChI=1S/C26H24N2O2/c1-18(2)21-12-7-19(8-13-21)11-16-25(29)27-17-20-9-14-22(15-10-20)26-28-23-5-3-4-6-24(23)30-26/h3-16,18H,17H2,1-2H3,(H,27,29)/b16-11+. The van der Waals surface area contributed by atoms with E-state index in [2.05, 4.69) is 36.3 Å². The predicted molar refractivity (Wildman–Crippen MR) is 121 cm³/mol. The summed E-state index contributed by atoms with van der Waals surface area (Å²) in [7, 11) is 0. The van der Waals surface area contributed by atoms with E-state index in [1.165, 1.54) is 5.56 Å². The normalized spacial score (nSPS) is 11.4. The van der Waals surface area contributed by atoms with Crippen molar-refractivity contribution in [2.45, 2.75) is 26.3 Å². The van der Waals surface area contributed by atoms with Crippen molar-refractivity contribution in [1.82, 2.24) is 10.3 Å². The Balaban J connectivity index is 1.33. The van der Waals surface area contributed by atoms with Crippen molar-refractivity contribution < 1.29 is 9.21 Å². The SMILES string of the molecule is CC(C)c1ccc(/C=C/C(=O)NCc2ccc(-c3nc4ccccc4o3)cc2)cc1. The molecule has 4 heteroatoms. The van der Waals surface area contributed by atoms with E-state index < -0.39 is 0 Å². The maximum Gasteiger partial charge on any atom is 0.244 e. The lowest BCUT2D eigenvalue weighted by Crippen LogP contribution is -2.20. The third kappa shape index (κ3) is 4.66. The number of benzene rings is 3. The summed E-state index contributed by atoms with van der Waals surface area (Å²) in [6, 6.07) is 23.8. The molecule has 0 saturated carbocycles. The van der Waals surface area contributed by atoms with Gasteiger partial charge in [-0.1, -0.05) is 62.4 Å². The van der Waals surface area contributed by atoms with Crippen LogP contribution in [0.4, 0.5) is 0 Å². The van der Waals surface area contributed by atoms with E-state index in [0.717, 1.165) is 27.8 Å². The first-order valence-electron chi connectivity index (χ1n) is 10.1. The van der Waals surface area contributed by atoms with Gasteiger partial charge >= 0.3 is 0 Å². The number of hydrogen-bond donors (Lipinski definition) is 1. The fourth-order valence-corrected chi connectivity index (χ4v) is 3.17. The summed E-state index contributed by atoms with van der Waals surface area (Å²) >= 11 is 0. The fourth-order valence-electron chi connectivity index (χ4n) is 3.17. The van der Waals surface area contributed by atoms with Gasteiger partial charge in [-0.15, -0.1) is 0 Å². The van der Waals surface area contributed by atoms with Gasteiger partial charge in [0.05, 0.1) is 0 Å². The van der Waals surface area contributed by atoms with Crippen molar-refractivity contribution in [2.24, 2.45) is 0 Å². The van der Waals surface area contributed by atoms with E-state index in [0.29, 0.717) is 18.4 Å². The highest BCUT2D eigenvalue weighted by Crippen LogP contribution is 2.24. The molecule has 3 aromatic carbocycles. The molecule has 0 saturated heterocycles. The summed E-state index contributed by atoms with van der Waals surface area (Å²) in [4.78, 5) is 16.6. The van der Waals surface area contributed by atoms with E-state index in [1.54, 1.807) is 6.08 Å². The van der Waals surface area contributed by atoms with Crippen LogP contribution in [-0.4, -0.2) is 10.9 Å². The molecule has 30 heavy (non-hydrogen) atoms. The molecule has 0 aliphatic carbocycles. The van der Waals surface area contributed by atoms with Crippen LogP contribution in [0.5, 0.6) is 0 Å². The van der Waals surface area contributed by atoms with Crippen molar-refractivity contribution in [1.29, 1.82) is 0 Å². The van der Waals surface area contributed by atoms with Gasteiger partial charge in [-0.25, -0.2) is 4.98 Å². The second-order valence-electron chi connectivity index (χ2n) is 7.56. The molecule has 0 bridgehead atoms. The Hall–Kier alpha value is -3.66. The Morgan fingerprint density at radius 3 is 2.43 bits per heavy atom. The second kappa shape index (κ2) is 8.78. The number of rotatable bonds is 6. The van der Waals surface area contributed by atoms with Gasteiger partial charge in [0.15, 0.2) is 5.58 Å². The van der Waals surface area contributed by atoms with Gasteiger partial charge in [0.25, 0.3) is 0 Å². The predicted octanol–water partition coefficient (Wildman–Crippen LogP) is 5.95. The monoisotopic (exact) mass is 396 g/mol. The lowest BCUT2D eigenvalue weighted by atomic mass is 10.0. The largest absolute Gasteiger partial charge is 0.436 e. The van der Waals surface area contributed by atoms with Crippen LogP contribution in [-0.2, 0) is 11.3 Å². The highest BCUT2D eigenvalue weighted by molar-refractivity contribution is 5.91. The number of nitrogens with zero attached hydrogens (tertiary/aromatic N) is 1. The number of oxazole rings is 1. The van der Waals surface area contributed by atoms with Crippen molar-refractivity contribution in [3.05, 3.63) is 95.6 Å². The number of amides is 1. The Morgan fingerprint density at radius 1 is 1.00 bits per heavy atom. The highest BCUT2D eigenvalue weighted by Gasteiger charge is 2.07. The molecule has 0 fully saturated rings. The molecule has 0 spiro atoms. The van der Waals surface area contributed by atoms with Crippen LogP contribution in [0.3, 0.4) is 0 Å². The third-order valence-electron chi connectivity index (χ3n) is 4.99. The molecule has 1 aromatic heterocycles. The molecule has 0 aliphatic rings. The van der Waals surface area contributed by atoms with E-state index >= 15 is 0 Å². The summed E-state index contributed by atoms with van der Waals surface area (Å²) < 4.78 is 5.80.